The van der Waals surface area contributed by atoms with Gasteiger partial charge in [-0.25, -0.2) is 0 Å². The highest BCUT2D eigenvalue weighted by Gasteiger charge is 2.16. The summed E-state index contributed by atoms with van der Waals surface area (Å²) in [5, 5.41) is 8.49. The van der Waals surface area contributed by atoms with Crippen molar-refractivity contribution < 1.29 is 14.7 Å². The second kappa shape index (κ2) is 4.53. The second-order valence-electron chi connectivity index (χ2n) is 2.85. The third kappa shape index (κ3) is 2.67. The maximum atomic E-state index is 11.4. The molecule has 0 fully saturated rings. The van der Waals surface area contributed by atoms with Crippen LogP contribution in [0.15, 0.2) is 24.3 Å². The number of aliphatic carboxylic acids is 1. The molecule has 0 heterocycles. The Bertz CT molecular complexity index is 334. The van der Waals surface area contributed by atoms with Crippen LogP contribution >= 0.6 is 0 Å². The first-order valence-corrected chi connectivity index (χ1v) is 4.09. The number of rotatable bonds is 4. The summed E-state index contributed by atoms with van der Waals surface area (Å²) in [6, 6.07) is 8.17. The van der Waals surface area contributed by atoms with Gasteiger partial charge < -0.3 is 10.8 Å². The van der Waals surface area contributed by atoms with Crippen molar-refractivity contribution in [2.24, 2.45) is 5.73 Å². The molecule has 3 N–H and O–H groups in total. The van der Waals surface area contributed by atoms with Crippen LogP contribution in [0.25, 0.3) is 0 Å². The van der Waals surface area contributed by atoms with Crippen molar-refractivity contribution in [3.63, 3.8) is 0 Å². The van der Waals surface area contributed by atoms with Gasteiger partial charge in [-0.05, 0) is 6.07 Å². The number of Topliss-reactive ketones (excluding diaryl/α,β-unsaturated/α-hetero) is 1. The van der Waals surface area contributed by atoms with Crippen LogP contribution in [0.4, 0.5) is 0 Å². The van der Waals surface area contributed by atoms with Crippen molar-refractivity contribution in [1.82, 2.24) is 0 Å². The van der Waals surface area contributed by atoms with Crippen LogP contribution in [-0.4, -0.2) is 22.9 Å². The largest absolute Gasteiger partial charge is 0.480 e. The van der Waals surface area contributed by atoms with Crippen LogP contribution in [0, 0.1) is 6.07 Å². The van der Waals surface area contributed by atoms with Crippen LogP contribution in [-0.2, 0) is 4.79 Å². The van der Waals surface area contributed by atoms with Gasteiger partial charge >= 0.3 is 5.97 Å². The molecule has 0 amide bonds. The number of hydrogen-bond acceptors (Lipinski definition) is 3. The average Bonchev–Trinajstić information content (AvgIpc) is 2.19. The number of carboxylic acids is 1. The van der Waals surface area contributed by atoms with E-state index in [0.29, 0.717) is 5.56 Å². The highest BCUT2D eigenvalue weighted by Crippen LogP contribution is 2.03. The molecule has 1 rings (SSSR count). The van der Waals surface area contributed by atoms with E-state index in [1.807, 2.05) is 0 Å². The molecular formula is C10H10NO3. The van der Waals surface area contributed by atoms with E-state index in [1.54, 1.807) is 24.3 Å². The maximum absolute atomic E-state index is 11.4. The molecular weight excluding hydrogens is 182 g/mol. The Balaban J connectivity index is 2.64. The lowest BCUT2D eigenvalue weighted by Gasteiger charge is -2.04. The molecule has 1 atom stereocenters. The Kier molecular flexibility index (Phi) is 3.36. The van der Waals surface area contributed by atoms with Crippen molar-refractivity contribution >= 4 is 11.8 Å². The summed E-state index contributed by atoms with van der Waals surface area (Å²) in [6.07, 6.45) is -0.199. The highest BCUT2D eigenvalue weighted by atomic mass is 16.4. The van der Waals surface area contributed by atoms with Gasteiger partial charge in [0.25, 0.3) is 0 Å². The highest BCUT2D eigenvalue weighted by molar-refractivity contribution is 5.98. The van der Waals surface area contributed by atoms with Crippen LogP contribution in [0.5, 0.6) is 0 Å². The molecule has 1 aromatic rings. The zero-order valence-corrected chi connectivity index (χ0v) is 7.43. The zero-order chi connectivity index (χ0) is 10.6. The molecule has 0 unspecified atom stereocenters. The van der Waals surface area contributed by atoms with Crippen molar-refractivity contribution in [2.45, 2.75) is 12.5 Å². The predicted molar refractivity (Wildman–Crippen MR) is 49.8 cm³/mol. The Morgan fingerprint density at radius 2 is 2.21 bits per heavy atom. The van der Waals surface area contributed by atoms with E-state index >= 15 is 0 Å². The third-order valence-electron chi connectivity index (χ3n) is 1.73. The Hall–Kier alpha value is -1.68. The first kappa shape index (κ1) is 10.4. The standard InChI is InChI=1S/C10H10NO3/c11-8(10(13)14)6-9(12)7-4-2-1-3-5-7/h1-4,8H,6,11H2,(H,13,14)/t8-/m0/s1. The molecule has 0 saturated heterocycles. The van der Waals surface area contributed by atoms with Crippen LogP contribution < -0.4 is 5.73 Å². The number of carboxylic acid groups (broad SMARTS) is 1. The van der Waals surface area contributed by atoms with E-state index < -0.39 is 12.0 Å². The summed E-state index contributed by atoms with van der Waals surface area (Å²) >= 11 is 0. The third-order valence-corrected chi connectivity index (χ3v) is 1.73. The SMILES string of the molecule is N[C@@H](CC(=O)c1[c]cccc1)C(=O)O. The minimum atomic E-state index is -1.17. The molecule has 0 saturated carbocycles. The summed E-state index contributed by atoms with van der Waals surface area (Å²) in [5.41, 5.74) is 5.59. The van der Waals surface area contributed by atoms with Crippen molar-refractivity contribution in [1.29, 1.82) is 0 Å². The fourth-order valence-electron chi connectivity index (χ4n) is 0.964. The lowest BCUT2D eigenvalue weighted by atomic mass is 10.0. The van der Waals surface area contributed by atoms with Crippen molar-refractivity contribution in [3.8, 4) is 0 Å². The molecule has 0 aliphatic carbocycles. The molecule has 0 aliphatic rings. The summed E-state index contributed by atoms with van der Waals surface area (Å²) in [6.45, 7) is 0. The van der Waals surface area contributed by atoms with E-state index in [2.05, 4.69) is 6.07 Å². The normalized spacial score (nSPS) is 12.1. The summed E-state index contributed by atoms with van der Waals surface area (Å²) < 4.78 is 0. The number of carbonyl (C=O) groups excluding carboxylic acids is 1. The molecule has 4 heteroatoms. The predicted octanol–water partition coefficient (Wildman–Crippen LogP) is 0.471. The smallest absolute Gasteiger partial charge is 0.320 e. The quantitative estimate of drug-likeness (QED) is 0.679. The Morgan fingerprint density at radius 3 is 2.71 bits per heavy atom. The van der Waals surface area contributed by atoms with Gasteiger partial charge in [0.1, 0.15) is 6.04 Å². The molecule has 4 nitrogen and oxygen atoms in total. The van der Waals surface area contributed by atoms with E-state index in [0.717, 1.165) is 0 Å². The molecule has 0 aromatic heterocycles. The fourth-order valence-corrected chi connectivity index (χ4v) is 0.964. The van der Waals surface area contributed by atoms with Gasteiger partial charge in [0, 0.05) is 12.0 Å². The maximum Gasteiger partial charge on any atom is 0.320 e. The van der Waals surface area contributed by atoms with Crippen LogP contribution in [0.2, 0.25) is 0 Å². The van der Waals surface area contributed by atoms with E-state index in [1.165, 1.54) is 0 Å². The molecule has 14 heavy (non-hydrogen) atoms. The van der Waals surface area contributed by atoms with E-state index in [-0.39, 0.29) is 12.2 Å². The van der Waals surface area contributed by atoms with Crippen molar-refractivity contribution in [3.05, 3.63) is 35.9 Å². The van der Waals surface area contributed by atoms with Gasteiger partial charge in [-0.15, -0.1) is 0 Å². The first-order valence-electron chi connectivity index (χ1n) is 4.09. The van der Waals surface area contributed by atoms with Gasteiger partial charge in [0.15, 0.2) is 5.78 Å². The molecule has 0 bridgehead atoms. The van der Waals surface area contributed by atoms with Gasteiger partial charge in [-0.3, -0.25) is 9.59 Å². The number of hydrogen-bond donors (Lipinski definition) is 2. The Morgan fingerprint density at radius 1 is 1.50 bits per heavy atom. The number of benzene rings is 1. The average molecular weight is 192 g/mol. The Labute approximate surface area is 81.3 Å². The molecule has 0 aliphatic heterocycles. The fraction of sp³-hybridized carbons (Fsp3) is 0.200. The lowest BCUT2D eigenvalue weighted by Crippen LogP contribution is -2.32. The second-order valence-corrected chi connectivity index (χ2v) is 2.85. The van der Waals surface area contributed by atoms with Crippen LogP contribution in [0.3, 0.4) is 0 Å². The molecule has 1 radical (unpaired) electrons. The summed E-state index contributed by atoms with van der Waals surface area (Å²) in [7, 11) is 0. The van der Waals surface area contributed by atoms with Gasteiger partial charge in [-0.2, -0.15) is 0 Å². The van der Waals surface area contributed by atoms with E-state index in [4.69, 9.17) is 10.8 Å². The number of carbonyl (C=O) groups is 2. The lowest BCUT2D eigenvalue weighted by molar-refractivity contribution is -0.138. The van der Waals surface area contributed by atoms with E-state index in [9.17, 15) is 9.59 Å². The zero-order valence-electron chi connectivity index (χ0n) is 7.43. The number of ketones is 1. The molecule has 0 spiro atoms. The van der Waals surface area contributed by atoms with Crippen LogP contribution in [0.1, 0.15) is 16.8 Å². The summed E-state index contributed by atoms with van der Waals surface area (Å²) in [5.74, 6) is -1.48. The number of nitrogens with two attached hydrogens (primary N) is 1. The molecule has 1 aromatic carbocycles. The minimum Gasteiger partial charge on any atom is -0.480 e. The monoisotopic (exact) mass is 192 g/mol. The molecule has 73 valence electrons. The topological polar surface area (TPSA) is 80.4 Å². The van der Waals surface area contributed by atoms with Gasteiger partial charge in [-0.1, -0.05) is 24.3 Å². The van der Waals surface area contributed by atoms with Gasteiger partial charge in [0.2, 0.25) is 0 Å². The van der Waals surface area contributed by atoms with Gasteiger partial charge in [0.05, 0.1) is 0 Å². The minimum absolute atomic E-state index is 0.199. The first-order chi connectivity index (χ1) is 6.61. The summed E-state index contributed by atoms with van der Waals surface area (Å²) in [4.78, 5) is 21.8. The van der Waals surface area contributed by atoms with Crippen molar-refractivity contribution in [2.75, 3.05) is 0 Å².